The second-order valence-electron chi connectivity index (χ2n) is 6.20. The number of nitrogens with one attached hydrogen (secondary N) is 1. The molecule has 3 aromatic rings. The summed E-state index contributed by atoms with van der Waals surface area (Å²) in [6.07, 6.45) is 1.51. The van der Waals surface area contributed by atoms with Crippen LogP contribution in [0.3, 0.4) is 0 Å². The molecule has 0 saturated carbocycles. The molecule has 0 bridgehead atoms. The maximum absolute atomic E-state index is 13.7. The number of benzene rings is 3. The molecule has 0 aliphatic heterocycles. The Hall–Kier alpha value is -2.70. The third-order valence-electron chi connectivity index (χ3n) is 4.08. The minimum Gasteiger partial charge on any atom is -0.488 e. The molecule has 1 amide bonds. The number of hydrogen-bond donors (Lipinski definition) is 1. The molecule has 1 N–H and O–H groups in total. The molecule has 0 unspecified atom stereocenters. The lowest BCUT2D eigenvalue weighted by Gasteiger charge is -2.10. The second-order valence-corrected chi connectivity index (χ2v) is 8.28. The van der Waals surface area contributed by atoms with Crippen LogP contribution in [0.15, 0.2) is 76.8 Å². The third kappa shape index (κ3) is 5.90. The number of ether oxygens (including phenoxy) is 1. The van der Waals surface area contributed by atoms with E-state index in [1.807, 2.05) is 6.07 Å². The second kappa shape index (κ2) is 10.4. The fourth-order valence-electron chi connectivity index (χ4n) is 2.54. The molecule has 7 heteroatoms. The lowest BCUT2D eigenvalue weighted by molar-refractivity contribution is -0.112. The molecular formula is C23H15BrFIN2O2. The molecule has 30 heavy (non-hydrogen) atoms. The highest BCUT2D eigenvalue weighted by atomic mass is 127. The average Bonchev–Trinajstić information content (AvgIpc) is 2.74. The SMILES string of the molecule is N#C/C(=C/c1ccc(OCc2ccccc2F)c(I)c1)C(=O)Nc1ccc(Br)cc1. The van der Waals surface area contributed by atoms with E-state index in [1.54, 1.807) is 60.7 Å². The number of amides is 1. The van der Waals surface area contributed by atoms with Gasteiger partial charge < -0.3 is 10.1 Å². The van der Waals surface area contributed by atoms with Gasteiger partial charge in [-0.05, 0) is 76.7 Å². The van der Waals surface area contributed by atoms with Crippen LogP contribution >= 0.6 is 38.5 Å². The van der Waals surface area contributed by atoms with Crippen molar-refractivity contribution in [1.29, 1.82) is 5.26 Å². The Bertz CT molecular complexity index is 1140. The van der Waals surface area contributed by atoms with Crippen molar-refractivity contribution in [3.05, 3.63) is 97.3 Å². The van der Waals surface area contributed by atoms with E-state index in [9.17, 15) is 14.4 Å². The summed E-state index contributed by atoms with van der Waals surface area (Å²) >= 11 is 5.43. The summed E-state index contributed by atoms with van der Waals surface area (Å²) in [7, 11) is 0. The fourth-order valence-corrected chi connectivity index (χ4v) is 3.50. The minimum atomic E-state index is -0.491. The first-order valence-corrected chi connectivity index (χ1v) is 10.7. The molecule has 0 aliphatic carbocycles. The Morgan fingerprint density at radius 2 is 1.90 bits per heavy atom. The van der Waals surface area contributed by atoms with Crippen LogP contribution in [-0.4, -0.2) is 5.91 Å². The number of carbonyl (C=O) groups excluding carboxylic acids is 1. The van der Waals surface area contributed by atoms with Gasteiger partial charge in [-0.2, -0.15) is 5.26 Å². The normalized spacial score (nSPS) is 10.9. The van der Waals surface area contributed by atoms with Gasteiger partial charge in [0.05, 0.1) is 3.57 Å². The molecule has 3 rings (SSSR count). The van der Waals surface area contributed by atoms with E-state index < -0.39 is 5.91 Å². The molecule has 0 fully saturated rings. The van der Waals surface area contributed by atoms with E-state index >= 15 is 0 Å². The first-order chi connectivity index (χ1) is 14.5. The van der Waals surface area contributed by atoms with Crippen LogP contribution in [0.1, 0.15) is 11.1 Å². The number of nitriles is 1. The topological polar surface area (TPSA) is 62.1 Å². The molecule has 3 aromatic carbocycles. The molecule has 0 aliphatic rings. The van der Waals surface area contributed by atoms with Gasteiger partial charge in [0.2, 0.25) is 0 Å². The van der Waals surface area contributed by atoms with Gasteiger partial charge in [-0.15, -0.1) is 0 Å². The van der Waals surface area contributed by atoms with Crippen LogP contribution in [0.25, 0.3) is 6.08 Å². The summed E-state index contributed by atoms with van der Waals surface area (Å²) in [5, 5.41) is 12.1. The van der Waals surface area contributed by atoms with Crippen LogP contribution in [0.4, 0.5) is 10.1 Å². The maximum Gasteiger partial charge on any atom is 0.266 e. The van der Waals surface area contributed by atoms with Crippen LogP contribution < -0.4 is 10.1 Å². The fraction of sp³-hybridized carbons (Fsp3) is 0.0435. The quantitative estimate of drug-likeness (QED) is 0.212. The average molecular weight is 577 g/mol. The third-order valence-corrected chi connectivity index (χ3v) is 5.45. The van der Waals surface area contributed by atoms with E-state index in [0.717, 1.165) is 8.04 Å². The van der Waals surface area contributed by atoms with Crippen molar-refractivity contribution in [3.8, 4) is 11.8 Å². The molecule has 4 nitrogen and oxygen atoms in total. The standard InChI is InChI=1S/C23H15BrFIN2O2/c24-18-6-8-19(9-7-18)28-23(29)17(13-27)11-15-5-10-22(21(26)12-15)30-14-16-3-1-2-4-20(16)25/h1-12H,14H2,(H,28,29)/b17-11-. The molecule has 0 spiro atoms. The maximum atomic E-state index is 13.7. The smallest absolute Gasteiger partial charge is 0.266 e. The zero-order valence-electron chi connectivity index (χ0n) is 15.5. The van der Waals surface area contributed by atoms with Gasteiger partial charge in [-0.25, -0.2) is 4.39 Å². The number of rotatable bonds is 6. The molecular weight excluding hydrogens is 562 g/mol. The largest absolute Gasteiger partial charge is 0.488 e. The van der Waals surface area contributed by atoms with Gasteiger partial charge in [-0.3, -0.25) is 4.79 Å². The van der Waals surface area contributed by atoms with Crippen molar-refractivity contribution < 1.29 is 13.9 Å². The Kier molecular flexibility index (Phi) is 7.60. The highest BCUT2D eigenvalue weighted by Gasteiger charge is 2.11. The van der Waals surface area contributed by atoms with Crippen molar-refractivity contribution in [3.63, 3.8) is 0 Å². The van der Waals surface area contributed by atoms with Crippen molar-refractivity contribution in [2.45, 2.75) is 6.61 Å². The summed E-state index contributed by atoms with van der Waals surface area (Å²) in [5.41, 5.74) is 1.72. The van der Waals surface area contributed by atoms with E-state index in [0.29, 0.717) is 22.6 Å². The number of carbonyl (C=O) groups is 1. The Morgan fingerprint density at radius 3 is 2.57 bits per heavy atom. The van der Waals surface area contributed by atoms with Crippen molar-refractivity contribution in [2.75, 3.05) is 5.32 Å². The van der Waals surface area contributed by atoms with Gasteiger partial charge in [0.25, 0.3) is 5.91 Å². The van der Waals surface area contributed by atoms with E-state index in [4.69, 9.17) is 4.74 Å². The van der Waals surface area contributed by atoms with E-state index in [2.05, 4.69) is 43.8 Å². The highest BCUT2D eigenvalue weighted by Crippen LogP contribution is 2.25. The van der Waals surface area contributed by atoms with Crippen molar-refractivity contribution >= 4 is 56.2 Å². The Labute approximate surface area is 195 Å². The Morgan fingerprint density at radius 1 is 1.17 bits per heavy atom. The molecule has 0 saturated heterocycles. The van der Waals surface area contributed by atoms with Crippen molar-refractivity contribution in [1.82, 2.24) is 0 Å². The summed E-state index contributed by atoms with van der Waals surface area (Å²) < 4.78 is 21.1. The zero-order chi connectivity index (χ0) is 21.5. The molecule has 0 atom stereocenters. The van der Waals surface area contributed by atoms with Gasteiger partial charge in [0.1, 0.15) is 29.8 Å². The van der Waals surface area contributed by atoms with Gasteiger partial charge in [0, 0.05) is 15.7 Å². The zero-order valence-corrected chi connectivity index (χ0v) is 19.3. The van der Waals surface area contributed by atoms with E-state index in [1.165, 1.54) is 12.1 Å². The monoisotopic (exact) mass is 576 g/mol. The molecule has 0 radical (unpaired) electrons. The highest BCUT2D eigenvalue weighted by molar-refractivity contribution is 14.1. The van der Waals surface area contributed by atoms with Gasteiger partial charge in [0.15, 0.2) is 0 Å². The predicted octanol–water partition coefficient (Wildman–Crippen LogP) is 6.32. The van der Waals surface area contributed by atoms with Crippen molar-refractivity contribution in [2.24, 2.45) is 0 Å². The molecule has 0 aromatic heterocycles. The summed E-state index contributed by atoms with van der Waals surface area (Å²) in [5.74, 6) is -0.217. The van der Waals surface area contributed by atoms with Crippen LogP contribution in [0.5, 0.6) is 5.75 Å². The van der Waals surface area contributed by atoms with Crippen LogP contribution in [0.2, 0.25) is 0 Å². The lowest BCUT2D eigenvalue weighted by atomic mass is 10.1. The molecule has 150 valence electrons. The summed E-state index contributed by atoms with van der Waals surface area (Å²) in [6, 6.07) is 20.7. The minimum absolute atomic E-state index is 0.0197. The van der Waals surface area contributed by atoms with E-state index in [-0.39, 0.29) is 18.0 Å². The molecule has 0 heterocycles. The number of hydrogen-bond acceptors (Lipinski definition) is 3. The van der Waals surface area contributed by atoms with Gasteiger partial charge >= 0.3 is 0 Å². The Balaban J connectivity index is 1.71. The van der Waals surface area contributed by atoms with Crippen LogP contribution in [-0.2, 0) is 11.4 Å². The lowest BCUT2D eigenvalue weighted by Crippen LogP contribution is -2.13. The number of nitrogens with zero attached hydrogens (tertiary/aromatic N) is 1. The number of halogens is 3. The van der Waals surface area contributed by atoms with Crippen LogP contribution in [0, 0.1) is 20.7 Å². The van der Waals surface area contributed by atoms with Gasteiger partial charge in [-0.1, -0.05) is 40.2 Å². The first kappa shape index (κ1) is 22.0. The summed E-state index contributed by atoms with van der Waals surface area (Å²) in [4.78, 5) is 12.4. The summed E-state index contributed by atoms with van der Waals surface area (Å²) in [6.45, 7) is 0.108. The number of anilines is 1. The predicted molar refractivity (Wildman–Crippen MR) is 126 cm³/mol. The first-order valence-electron chi connectivity index (χ1n) is 8.81.